The van der Waals surface area contributed by atoms with E-state index in [1.807, 2.05) is 12.1 Å². The van der Waals surface area contributed by atoms with Gasteiger partial charge in [0.1, 0.15) is 5.75 Å². The molecular weight excluding hydrogens is 186 g/mol. The van der Waals surface area contributed by atoms with Crippen LogP contribution in [-0.2, 0) is 12.8 Å². The van der Waals surface area contributed by atoms with Gasteiger partial charge in [0.2, 0.25) is 0 Å². The summed E-state index contributed by atoms with van der Waals surface area (Å²) in [5.74, 6) is 0.405. The van der Waals surface area contributed by atoms with Crippen LogP contribution in [-0.4, -0.2) is 17.7 Å². The van der Waals surface area contributed by atoms with E-state index in [9.17, 15) is 5.11 Å². The average molecular weight is 205 g/mol. The Hall–Kier alpha value is -1.02. The van der Waals surface area contributed by atoms with E-state index in [1.165, 1.54) is 24.0 Å². The lowest BCUT2D eigenvalue weighted by Crippen LogP contribution is -2.23. The number of nitrogens with one attached hydrogen (secondary N) is 1. The minimum absolute atomic E-state index is 0.405. The zero-order chi connectivity index (χ0) is 10.7. The van der Waals surface area contributed by atoms with Gasteiger partial charge in [0.05, 0.1) is 0 Å². The van der Waals surface area contributed by atoms with E-state index in [4.69, 9.17) is 0 Å². The van der Waals surface area contributed by atoms with Gasteiger partial charge < -0.3 is 10.4 Å². The molecular formula is C13H19NO. The summed E-state index contributed by atoms with van der Waals surface area (Å²) >= 11 is 0. The Morgan fingerprint density at radius 2 is 2.13 bits per heavy atom. The molecule has 2 heteroatoms. The zero-order valence-corrected chi connectivity index (χ0v) is 9.29. The average Bonchev–Trinajstić information content (AvgIpc) is 2.69. The van der Waals surface area contributed by atoms with Crippen LogP contribution in [0, 0.1) is 0 Å². The minimum atomic E-state index is 0.405. The molecule has 0 radical (unpaired) electrons. The van der Waals surface area contributed by atoms with Crippen molar-refractivity contribution >= 4 is 0 Å². The molecule has 1 saturated heterocycles. The fourth-order valence-corrected chi connectivity index (χ4v) is 2.28. The van der Waals surface area contributed by atoms with Crippen molar-refractivity contribution in [2.24, 2.45) is 0 Å². The highest BCUT2D eigenvalue weighted by Gasteiger charge is 2.14. The van der Waals surface area contributed by atoms with Crippen molar-refractivity contribution in [3.05, 3.63) is 29.3 Å². The first-order valence-electron chi connectivity index (χ1n) is 5.83. The van der Waals surface area contributed by atoms with Crippen molar-refractivity contribution < 1.29 is 5.11 Å². The lowest BCUT2D eigenvalue weighted by atomic mass is 10.0. The van der Waals surface area contributed by atoms with Crippen molar-refractivity contribution in [3.63, 3.8) is 0 Å². The molecule has 0 spiro atoms. The summed E-state index contributed by atoms with van der Waals surface area (Å²) in [5.41, 5.74) is 2.48. The highest BCUT2D eigenvalue weighted by molar-refractivity contribution is 5.34. The van der Waals surface area contributed by atoms with Crippen molar-refractivity contribution in [3.8, 4) is 5.75 Å². The molecule has 0 amide bonds. The van der Waals surface area contributed by atoms with Gasteiger partial charge in [-0.2, -0.15) is 0 Å². The first kappa shape index (κ1) is 10.5. The molecule has 0 saturated carbocycles. The highest BCUT2D eigenvalue weighted by Crippen LogP contribution is 2.19. The molecule has 1 unspecified atom stereocenters. The molecule has 1 aromatic carbocycles. The number of aryl methyl sites for hydroxylation is 1. The molecule has 1 aliphatic heterocycles. The number of hydrogen-bond acceptors (Lipinski definition) is 2. The molecule has 1 aromatic rings. The second-order valence-corrected chi connectivity index (χ2v) is 4.36. The van der Waals surface area contributed by atoms with Crippen LogP contribution in [0.4, 0.5) is 0 Å². The van der Waals surface area contributed by atoms with E-state index in [-0.39, 0.29) is 0 Å². The minimum Gasteiger partial charge on any atom is -0.508 e. The molecule has 82 valence electrons. The van der Waals surface area contributed by atoms with Gasteiger partial charge in [-0.1, -0.05) is 13.0 Å². The molecule has 2 N–H and O–H groups in total. The Morgan fingerprint density at radius 1 is 1.33 bits per heavy atom. The van der Waals surface area contributed by atoms with E-state index in [1.54, 1.807) is 0 Å². The Morgan fingerprint density at radius 3 is 2.80 bits per heavy atom. The molecule has 0 bridgehead atoms. The summed E-state index contributed by atoms with van der Waals surface area (Å²) < 4.78 is 0. The van der Waals surface area contributed by atoms with Crippen LogP contribution in [0.3, 0.4) is 0 Å². The molecule has 2 nitrogen and oxygen atoms in total. The van der Waals surface area contributed by atoms with Crippen LogP contribution in [0.2, 0.25) is 0 Å². The third-order valence-corrected chi connectivity index (χ3v) is 3.09. The molecule has 1 fully saturated rings. The Balaban J connectivity index is 2.09. The van der Waals surface area contributed by atoms with E-state index < -0.39 is 0 Å². The van der Waals surface area contributed by atoms with Crippen LogP contribution in [0.15, 0.2) is 18.2 Å². The van der Waals surface area contributed by atoms with Crippen LogP contribution in [0.5, 0.6) is 5.75 Å². The lowest BCUT2D eigenvalue weighted by Gasteiger charge is -2.11. The van der Waals surface area contributed by atoms with Gasteiger partial charge in [-0.05, 0) is 55.5 Å². The molecule has 0 aromatic heterocycles. The molecule has 1 atom stereocenters. The number of aromatic hydroxyl groups is 1. The normalized spacial score (nSPS) is 20.7. The largest absolute Gasteiger partial charge is 0.508 e. The van der Waals surface area contributed by atoms with Gasteiger partial charge in [-0.3, -0.25) is 0 Å². The Labute approximate surface area is 91.3 Å². The maximum atomic E-state index is 9.58. The van der Waals surface area contributed by atoms with Crippen molar-refractivity contribution in [1.82, 2.24) is 5.32 Å². The van der Waals surface area contributed by atoms with Crippen molar-refractivity contribution in [1.29, 1.82) is 0 Å². The molecule has 1 aliphatic rings. The van der Waals surface area contributed by atoms with E-state index >= 15 is 0 Å². The fraction of sp³-hybridized carbons (Fsp3) is 0.538. The van der Waals surface area contributed by atoms with E-state index in [0.29, 0.717) is 11.8 Å². The Kier molecular flexibility index (Phi) is 3.27. The molecule has 15 heavy (non-hydrogen) atoms. The standard InChI is InChI=1S/C13H19NO/c1-2-10-6-11(9-13(15)8-10)7-12-4-3-5-14-12/h6,8-9,12,14-15H,2-5,7H2,1H3. The van der Waals surface area contributed by atoms with Gasteiger partial charge >= 0.3 is 0 Å². The van der Waals surface area contributed by atoms with Crippen LogP contribution in [0.1, 0.15) is 30.9 Å². The summed E-state index contributed by atoms with van der Waals surface area (Å²) in [5, 5.41) is 13.1. The monoisotopic (exact) mass is 205 g/mol. The van der Waals surface area contributed by atoms with Gasteiger partial charge in [0, 0.05) is 6.04 Å². The second-order valence-electron chi connectivity index (χ2n) is 4.36. The first-order valence-corrected chi connectivity index (χ1v) is 5.83. The fourth-order valence-electron chi connectivity index (χ4n) is 2.28. The Bertz CT molecular complexity index is 329. The highest BCUT2D eigenvalue weighted by atomic mass is 16.3. The van der Waals surface area contributed by atoms with Crippen LogP contribution in [0.25, 0.3) is 0 Å². The number of phenols is 1. The third kappa shape index (κ3) is 2.72. The first-order chi connectivity index (χ1) is 7.28. The van der Waals surface area contributed by atoms with Crippen molar-refractivity contribution in [2.75, 3.05) is 6.54 Å². The molecule has 1 heterocycles. The molecule has 2 rings (SSSR count). The van der Waals surface area contributed by atoms with E-state index in [0.717, 1.165) is 19.4 Å². The maximum absolute atomic E-state index is 9.58. The van der Waals surface area contributed by atoms with Gasteiger partial charge in [0.15, 0.2) is 0 Å². The maximum Gasteiger partial charge on any atom is 0.116 e. The molecule has 0 aliphatic carbocycles. The number of benzene rings is 1. The smallest absolute Gasteiger partial charge is 0.116 e. The summed E-state index contributed by atoms with van der Waals surface area (Å²) in [7, 11) is 0. The number of phenolic OH excluding ortho intramolecular Hbond substituents is 1. The van der Waals surface area contributed by atoms with Crippen LogP contribution < -0.4 is 5.32 Å². The number of rotatable bonds is 3. The summed E-state index contributed by atoms with van der Waals surface area (Å²) in [4.78, 5) is 0. The van der Waals surface area contributed by atoms with Crippen LogP contribution >= 0.6 is 0 Å². The third-order valence-electron chi connectivity index (χ3n) is 3.09. The summed E-state index contributed by atoms with van der Waals surface area (Å²) in [6, 6.07) is 6.56. The van der Waals surface area contributed by atoms with E-state index in [2.05, 4.69) is 18.3 Å². The predicted octanol–water partition coefficient (Wildman–Crippen LogP) is 2.25. The van der Waals surface area contributed by atoms with Gasteiger partial charge in [0.25, 0.3) is 0 Å². The summed E-state index contributed by atoms with van der Waals surface area (Å²) in [6.45, 7) is 3.26. The zero-order valence-electron chi connectivity index (χ0n) is 9.29. The van der Waals surface area contributed by atoms with Gasteiger partial charge in [-0.25, -0.2) is 0 Å². The predicted molar refractivity (Wildman–Crippen MR) is 62.2 cm³/mol. The quantitative estimate of drug-likeness (QED) is 0.793. The number of hydrogen-bond donors (Lipinski definition) is 2. The van der Waals surface area contributed by atoms with Crippen molar-refractivity contribution in [2.45, 2.75) is 38.6 Å². The second kappa shape index (κ2) is 4.67. The topological polar surface area (TPSA) is 32.3 Å². The van der Waals surface area contributed by atoms with Gasteiger partial charge in [-0.15, -0.1) is 0 Å². The SMILES string of the molecule is CCc1cc(O)cc(CC2CCCN2)c1. The lowest BCUT2D eigenvalue weighted by molar-refractivity contribution is 0.473. The summed E-state index contributed by atoms with van der Waals surface area (Å²) in [6.07, 6.45) is 4.57.